The van der Waals surface area contributed by atoms with Crippen LogP contribution in [0, 0.1) is 13.8 Å². The van der Waals surface area contributed by atoms with E-state index in [4.69, 9.17) is 4.74 Å². The minimum absolute atomic E-state index is 0.247. The van der Waals surface area contributed by atoms with Gasteiger partial charge in [0.2, 0.25) is 0 Å². The van der Waals surface area contributed by atoms with Crippen molar-refractivity contribution in [2.45, 2.75) is 33.1 Å². The molecular formula is C23H27N3O3. The van der Waals surface area contributed by atoms with E-state index in [9.17, 15) is 9.59 Å². The molecule has 0 spiro atoms. The van der Waals surface area contributed by atoms with Crippen molar-refractivity contribution in [2.75, 3.05) is 18.6 Å². The van der Waals surface area contributed by atoms with Crippen LogP contribution in [-0.2, 0) is 26.8 Å². The van der Waals surface area contributed by atoms with E-state index in [2.05, 4.69) is 25.0 Å². The maximum absolute atomic E-state index is 12.5. The molecule has 1 aromatic heterocycles. The molecule has 1 aromatic carbocycles. The minimum atomic E-state index is -0.554. The lowest BCUT2D eigenvalue weighted by molar-refractivity contribution is -0.141. The number of ether oxygens (including phenoxy) is 1. The van der Waals surface area contributed by atoms with Gasteiger partial charge in [0.1, 0.15) is 0 Å². The number of rotatable bonds is 5. The summed E-state index contributed by atoms with van der Waals surface area (Å²) in [5.74, 6) is -0.801. The molecule has 0 amide bonds. The van der Waals surface area contributed by atoms with Crippen LogP contribution >= 0.6 is 0 Å². The highest BCUT2D eigenvalue weighted by Gasteiger charge is 2.38. The molecule has 1 aliphatic heterocycles. The molecule has 29 heavy (non-hydrogen) atoms. The minimum Gasteiger partial charge on any atom is -0.454 e. The standard InChI is InChI=1S/C23H27N3O3/c1-15-18(16(2)26(6)24-15)11-12-22(28)29-14-17(27)13-21-23(3,4)19-9-7-8-10-20(19)25(21)5/h7-13H,14H2,1-6H3/b12-11-,21-13+. The number of carbonyl (C=O) groups is 2. The van der Waals surface area contributed by atoms with Crippen molar-refractivity contribution in [3.05, 3.63) is 64.6 Å². The van der Waals surface area contributed by atoms with Crippen LogP contribution in [-0.4, -0.2) is 35.2 Å². The number of hydrogen-bond donors (Lipinski definition) is 0. The highest BCUT2D eigenvalue weighted by Crippen LogP contribution is 2.46. The molecule has 0 aliphatic carbocycles. The molecule has 0 saturated heterocycles. The van der Waals surface area contributed by atoms with Gasteiger partial charge in [-0.3, -0.25) is 9.48 Å². The zero-order chi connectivity index (χ0) is 21.3. The summed E-state index contributed by atoms with van der Waals surface area (Å²) < 4.78 is 6.90. The molecule has 0 unspecified atom stereocenters. The Morgan fingerprint density at radius 2 is 1.86 bits per heavy atom. The number of ketones is 1. The maximum Gasteiger partial charge on any atom is 0.331 e. The number of aryl methyl sites for hydroxylation is 2. The van der Waals surface area contributed by atoms with Crippen molar-refractivity contribution < 1.29 is 14.3 Å². The number of nitrogens with zero attached hydrogens (tertiary/aromatic N) is 3. The molecule has 0 N–H and O–H groups in total. The molecular weight excluding hydrogens is 366 g/mol. The van der Waals surface area contributed by atoms with Crippen molar-refractivity contribution in [3.63, 3.8) is 0 Å². The average Bonchev–Trinajstić information content (AvgIpc) is 3.03. The molecule has 1 aliphatic rings. The molecule has 0 fully saturated rings. The Kier molecular flexibility index (Phi) is 5.46. The van der Waals surface area contributed by atoms with Crippen molar-refractivity contribution >= 4 is 23.5 Å². The second-order valence-corrected chi connectivity index (χ2v) is 7.85. The van der Waals surface area contributed by atoms with Gasteiger partial charge >= 0.3 is 5.97 Å². The molecule has 0 bridgehead atoms. The maximum atomic E-state index is 12.5. The molecule has 0 radical (unpaired) electrons. The molecule has 0 atom stereocenters. The monoisotopic (exact) mass is 393 g/mol. The molecule has 0 saturated carbocycles. The second kappa shape index (κ2) is 7.70. The second-order valence-electron chi connectivity index (χ2n) is 7.85. The number of benzene rings is 1. The van der Waals surface area contributed by atoms with E-state index in [-0.39, 0.29) is 17.8 Å². The van der Waals surface area contributed by atoms with E-state index in [0.717, 1.165) is 28.3 Å². The normalized spacial score (nSPS) is 16.5. The summed E-state index contributed by atoms with van der Waals surface area (Å²) in [6, 6.07) is 8.09. The third kappa shape index (κ3) is 3.88. The lowest BCUT2D eigenvalue weighted by Crippen LogP contribution is -2.25. The van der Waals surface area contributed by atoms with Gasteiger partial charge in [-0.15, -0.1) is 0 Å². The van der Waals surface area contributed by atoms with Gasteiger partial charge in [0.15, 0.2) is 12.4 Å². The summed E-state index contributed by atoms with van der Waals surface area (Å²) in [7, 11) is 3.80. The fraction of sp³-hybridized carbons (Fsp3) is 0.348. The number of allylic oxidation sites excluding steroid dienone is 1. The predicted molar refractivity (Wildman–Crippen MR) is 114 cm³/mol. The fourth-order valence-corrected chi connectivity index (χ4v) is 3.83. The van der Waals surface area contributed by atoms with Gasteiger partial charge in [0, 0.05) is 54.3 Å². The van der Waals surface area contributed by atoms with E-state index >= 15 is 0 Å². The number of para-hydroxylation sites is 1. The van der Waals surface area contributed by atoms with Gasteiger partial charge < -0.3 is 9.64 Å². The summed E-state index contributed by atoms with van der Waals surface area (Å²) in [6.07, 6.45) is 4.58. The Morgan fingerprint density at radius 1 is 1.17 bits per heavy atom. The molecule has 2 heterocycles. The van der Waals surface area contributed by atoms with Gasteiger partial charge in [-0.1, -0.05) is 32.0 Å². The van der Waals surface area contributed by atoms with Gasteiger partial charge in [0.25, 0.3) is 0 Å². The van der Waals surface area contributed by atoms with Gasteiger partial charge in [-0.2, -0.15) is 5.10 Å². The smallest absolute Gasteiger partial charge is 0.331 e. The highest BCUT2D eigenvalue weighted by atomic mass is 16.5. The summed E-state index contributed by atoms with van der Waals surface area (Å²) >= 11 is 0. The van der Waals surface area contributed by atoms with Crippen LogP contribution in [0.3, 0.4) is 0 Å². The Bertz CT molecular complexity index is 1030. The fourth-order valence-electron chi connectivity index (χ4n) is 3.83. The van der Waals surface area contributed by atoms with Crippen molar-refractivity contribution in [2.24, 2.45) is 7.05 Å². The topological polar surface area (TPSA) is 64.4 Å². The molecule has 6 heteroatoms. The Balaban J connectivity index is 1.65. The zero-order valence-electron chi connectivity index (χ0n) is 17.8. The van der Waals surface area contributed by atoms with Gasteiger partial charge in [0.05, 0.1) is 5.69 Å². The molecule has 6 nitrogen and oxygen atoms in total. The number of hydrogen-bond acceptors (Lipinski definition) is 5. The first-order chi connectivity index (χ1) is 13.6. The lowest BCUT2D eigenvalue weighted by atomic mass is 9.83. The number of anilines is 1. The van der Waals surface area contributed by atoms with Gasteiger partial charge in [-0.05, 0) is 31.6 Å². The lowest BCUT2D eigenvalue weighted by Gasteiger charge is -2.23. The van der Waals surface area contributed by atoms with Crippen LogP contribution in [0.25, 0.3) is 6.08 Å². The molecule has 2 aromatic rings. The van der Waals surface area contributed by atoms with E-state index < -0.39 is 5.97 Å². The Morgan fingerprint density at radius 3 is 2.48 bits per heavy atom. The number of carbonyl (C=O) groups excluding carboxylic acids is 2. The summed E-state index contributed by atoms with van der Waals surface area (Å²) in [6.45, 7) is 7.69. The summed E-state index contributed by atoms with van der Waals surface area (Å²) in [4.78, 5) is 26.5. The molecule has 152 valence electrons. The number of aromatic nitrogens is 2. The van der Waals surface area contributed by atoms with Crippen LogP contribution in [0.5, 0.6) is 0 Å². The quantitative estimate of drug-likeness (QED) is 0.575. The van der Waals surface area contributed by atoms with Crippen LogP contribution < -0.4 is 4.90 Å². The largest absolute Gasteiger partial charge is 0.454 e. The van der Waals surface area contributed by atoms with Crippen LogP contribution in [0.15, 0.2) is 42.1 Å². The molecule has 3 rings (SSSR count). The Labute approximate surface area is 171 Å². The predicted octanol–water partition coefficient (Wildman–Crippen LogP) is 3.47. The van der Waals surface area contributed by atoms with Crippen LogP contribution in [0.4, 0.5) is 5.69 Å². The highest BCUT2D eigenvalue weighted by molar-refractivity contribution is 5.96. The van der Waals surface area contributed by atoms with Crippen LogP contribution in [0.1, 0.15) is 36.4 Å². The van der Waals surface area contributed by atoms with E-state index in [1.165, 1.54) is 11.6 Å². The first-order valence-electron chi connectivity index (χ1n) is 9.56. The SMILES string of the molecule is Cc1nn(C)c(C)c1/C=C\C(=O)OCC(=O)/C=C1/N(C)c2ccccc2C1(C)C. The number of likely N-dealkylation sites (N-methyl/N-ethyl adjacent to an activating group) is 1. The van der Waals surface area contributed by atoms with Crippen molar-refractivity contribution in [3.8, 4) is 0 Å². The average molecular weight is 393 g/mol. The third-order valence-corrected chi connectivity index (χ3v) is 5.55. The van der Waals surface area contributed by atoms with Crippen molar-refractivity contribution in [1.82, 2.24) is 9.78 Å². The summed E-state index contributed by atoms with van der Waals surface area (Å²) in [5, 5.41) is 4.30. The van der Waals surface area contributed by atoms with Crippen molar-refractivity contribution in [1.29, 1.82) is 0 Å². The van der Waals surface area contributed by atoms with E-state index in [0.29, 0.717) is 0 Å². The summed E-state index contributed by atoms with van der Waals surface area (Å²) in [5.41, 5.74) is 5.52. The Hall–Kier alpha value is -3.15. The number of fused-ring (bicyclic) bond motifs is 1. The first-order valence-corrected chi connectivity index (χ1v) is 9.56. The van der Waals surface area contributed by atoms with Gasteiger partial charge in [-0.25, -0.2) is 4.79 Å². The van der Waals surface area contributed by atoms with Crippen LogP contribution in [0.2, 0.25) is 0 Å². The van der Waals surface area contributed by atoms with E-state index in [1.807, 2.05) is 51.0 Å². The third-order valence-electron chi connectivity index (χ3n) is 5.55. The zero-order valence-corrected chi connectivity index (χ0v) is 17.8. The first kappa shape index (κ1) is 20.6. The van der Waals surface area contributed by atoms with E-state index in [1.54, 1.807) is 16.8 Å². The number of esters is 1.